The van der Waals surface area contributed by atoms with Crippen LogP contribution in [0.25, 0.3) is 0 Å². The van der Waals surface area contributed by atoms with Gasteiger partial charge >= 0.3 is 0 Å². The molecule has 3 nitrogen and oxygen atoms in total. The fourth-order valence-corrected chi connectivity index (χ4v) is 3.12. The molecule has 19 heavy (non-hydrogen) atoms. The summed E-state index contributed by atoms with van der Waals surface area (Å²) in [5.41, 5.74) is 6.49. The van der Waals surface area contributed by atoms with E-state index in [0.29, 0.717) is 5.92 Å². The standard InChI is InChI=1S/C15H26N2OS/c1-10(2)8-19-9-14(17-16)13-7-6-11(3)12(4)15(13)18-5/h6-7,10,14,17H,8-9,16H2,1-5H3. The molecular formula is C15H26N2OS. The Bertz CT molecular complexity index is 407. The quantitative estimate of drug-likeness (QED) is 0.595. The van der Waals surface area contributed by atoms with Crippen LogP contribution in [-0.2, 0) is 0 Å². The van der Waals surface area contributed by atoms with Gasteiger partial charge in [0.05, 0.1) is 13.2 Å². The fourth-order valence-electron chi connectivity index (χ4n) is 2.01. The van der Waals surface area contributed by atoms with Crippen LogP contribution in [0.5, 0.6) is 5.75 Å². The Morgan fingerprint density at radius 2 is 1.95 bits per heavy atom. The zero-order valence-electron chi connectivity index (χ0n) is 12.6. The van der Waals surface area contributed by atoms with Crippen molar-refractivity contribution in [1.82, 2.24) is 5.43 Å². The van der Waals surface area contributed by atoms with Crippen molar-refractivity contribution in [2.24, 2.45) is 11.8 Å². The molecule has 0 aromatic heterocycles. The first kappa shape index (κ1) is 16.3. The van der Waals surface area contributed by atoms with Gasteiger partial charge in [0.1, 0.15) is 5.75 Å². The highest BCUT2D eigenvalue weighted by Gasteiger charge is 2.17. The molecule has 0 aliphatic carbocycles. The largest absolute Gasteiger partial charge is 0.496 e. The van der Waals surface area contributed by atoms with E-state index < -0.39 is 0 Å². The number of ether oxygens (including phenoxy) is 1. The molecule has 3 N–H and O–H groups in total. The van der Waals surface area contributed by atoms with Crippen LogP contribution in [0, 0.1) is 19.8 Å². The molecule has 1 rings (SSSR count). The van der Waals surface area contributed by atoms with Gasteiger partial charge in [-0.2, -0.15) is 11.8 Å². The summed E-state index contributed by atoms with van der Waals surface area (Å²) in [6.07, 6.45) is 0. The second-order valence-corrected chi connectivity index (χ2v) is 6.36. The lowest BCUT2D eigenvalue weighted by molar-refractivity contribution is 0.399. The molecule has 108 valence electrons. The topological polar surface area (TPSA) is 47.3 Å². The molecule has 1 aromatic carbocycles. The van der Waals surface area contributed by atoms with Gasteiger partial charge in [-0.25, -0.2) is 0 Å². The minimum atomic E-state index is 0.123. The number of nitrogens with two attached hydrogens (primary N) is 1. The Hall–Kier alpha value is -0.710. The average Bonchev–Trinajstić information content (AvgIpc) is 2.38. The Balaban J connectivity index is 2.89. The first-order chi connectivity index (χ1) is 9.01. The van der Waals surface area contributed by atoms with Crippen molar-refractivity contribution in [2.45, 2.75) is 33.7 Å². The predicted octanol–water partition coefficient (Wildman–Crippen LogP) is 3.21. The molecule has 0 aliphatic heterocycles. The van der Waals surface area contributed by atoms with Crippen molar-refractivity contribution < 1.29 is 4.74 Å². The molecule has 4 heteroatoms. The minimum Gasteiger partial charge on any atom is -0.496 e. The van der Waals surface area contributed by atoms with E-state index in [1.807, 2.05) is 11.8 Å². The second-order valence-electron chi connectivity index (χ2n) is 5.28. The number of rotatable bonds is 7. The van der Waals surface area contributed by atoms with Gasteiger partial charge in [0, 0.05) is 11.3 Å². The molecule has 0 fully saturated rings. The Kier molecular flexibility index (Phi) is 6.69. The summed E-state index contributed by atoms with van der Waals surface area (Å²) in [5.74, 6) is 9.46. The Morgan fingerprint density at radius 3 is 2.47 bits per heavy atom. The maximum atomic E-state index is 5.71. The monoisotopic (exact) mass is 282 g/mol. The van der Waals surface area contributed by atoms with Crippen LogP contribution in [0.4, 0.5) is 0 Å². The average molecular weight is 282 g/mol. The van der Waals surface area contributed by atoms with Gasteiger partial charge in [-0.15, -0.1) is 0 Å². The van der Waals surface area contributed by atoms with E-state index in [-0.39, 0.29) is 6.04 Å². The molecule has 0 amide bonds. The maximum Gasteiger partial charge on any atom is 0.126 e. The van der Waals surface area contributed by atoms with Crippen molar-refractivity contribution in [3.63, 3.8) is 0 Å². The van der Waals surface area contributed by atoms with Crippen molar-refractivity contribution in [3.8, 4) is 5.75 Å². The van der Waals surface area contributed by atoms with Gasteiger partial charge in [-0.3, -0.25) is 11.3 Å². The summed E-state index contributed by atoms with van der Waals surface area (Å²) >= 11 is 1.92. The van der Waals surface area contributed by atoms with Gasteiger partial charge < -0.3 is 4.74 Å². The molecule has 0 radical (unpaired) electrons. The lowest BCUT2D eigenvalue weighted by atomic mass is 10.0. The number of benzene rings is 1. The number of hydrogen-bond donors (Lipinski definition) is 2. The highest BCUT2D eigenvalue weighted by Crippen LogP contribution is 2.32. The van der Waals surface area contributed by atoms with E-state index in [1.165, 1.54) is 11.1 Å². The minimum absolute atomic E-state index is 0.123. The molecule has 0 aliphatic rings. The number of hydrazine groups is 1. The van der Waals surface area contributed by atoms with Crippen LogP contribution in [0.2, 0.25) is 0 Å². The number of thioether (sulfide) groups is 1. The molecule has 0 saturated heterocycles. The SMILES string of the molecule is COc1c(C(CSCC(C)C)NN)ccc(C)c1C. The van der Waals surface area contributed by atoms with Crippen LogP contribution < -0.4 is 16.0 Å². The van der Waals surface area contributed by atoms with Crippen molar-refractivity contribution in [3.05, 3.63) is 28.8 Å². The van der Waals surface area contributed by atoms with Crippen LogP contribution in [0.1, 0.15) is 36.6 Å². The van der Waals surface area contributed by atoms with Crippen LogP contribution in [0.3, 0.4) is 0 Å². The maximum absolute atomic E-state index is 5.71. The smallest absolute Gasteiger partial charge is 0.126 e. The van der Waals surface area contributed by atoms with E-state index >= 15 is 0 Å². The predicted molar refractivity (Wildman–Crippen MR) is 84.7 cm³/mol. The summed E-state index contributed by atoms with van der Waals surface area (Å²) in [5, 5.41) is 0. The first-order valence-corrected chi connectivity index (χ1v) is 7.84. The van der Waals surface area contributed by atoms with Gasteiger partial charge in [-0.1, -0.05) is 26.0 Å². The molecule has 0 spiro atoms. The van der Waals surface area contributed by atoms with Crippen molar-refractivity contribution in [1.29, 1.82) is 0 Å². The van der Waals surface area contributed by atoms with Crippen LogP contribution in [0.15, 0.2) is 12.1 Å². The molecule has 1 unspecified atom stereocenters. The van der Waals surface area contributed by atoms with Gasteiger partial charge in [0.25, 0.3) is 0 Å². The van der Waals surface area contributed by atoms with Gasteiger partial charge in [0.2, 0.25) is 0 Å². The van der Waals surface area contributed by atoms with Crippen LogP contribution in [-0.4, -0.2) is 18.6 Å². The van der Waals surface area contributed by atoms with Crippen LogP contribution >= 0.6 is 11.8 Å². The second kappa shape index (κ2) is 7.78. The zero-order chi connectivity index (χ0) is 14.4. The number of hydrogen-bond acceptors (Lipinski definition) is 4. The number of nitrogens with one attached hydrogen (secondary N) is 1. The third-order valence-electron chi connectivity index (χ3n) is 3.22. The molecule has 0 bridgehead atoms. The zero-order valence-corrected chi connectivity index (χ0v) is 13.4. The van der Waals surface area contributed by atoms with E-state index in [1.54, 1.807) is 7.11 Å². The molecular weight excluding hydrogens is 256 g/mol. The van der Waals surface area contributed by atoms with Gasteiger partial charge in [-0.05, 0) is 36.6 Å². The Labute approximate surface area is 121 Å². The van der Waals surface area contributed by atoms with Gasteiger partial charge in [0.15, 0.2) is 0 Å². The highest BCUT2D eigenvalue weighted by molar-refractivity contribution is 7.99. The summed E-state index contributed by atoms with van der Waals surface area (Å²) < 4.78 is 5.56. The van der Waals surface area contributed by atoms with E-state index in [2.05, 4.69) is 45.3 Å². The summed E-state index contributed by atoms with van der Waals surface area (Å²) in [7, 11) is 1.72. The number of methoxy groups -OCH3 is 1. The van der Waals surface area contributed by atoms with Crippen molar-refractivity contribution in [2.75, 3.05) is 18.6 Å². The molecule has 1 aromatic rings. The van der Waals surface area contributed by atoms with Crippen molar-refractivity contribution >= 4 is 11.8 Å². The normalized spacial score (nSPS) is 12.8. The fraction of sp³-hybridized carbons (Fsp3) is 0.600. The lowest BCUT2D eigenvalue weighted by Crippen LogP contribution is -2.30. The summed E-state index contributed by atoms with van der Waals surface area (Å²) in [6, 6.07) is 4.37. The lowest BCUT2D eigenvalue weighted by Gasteiger charge is -2.21. The third kappa shape index (κ3) is 4.41. The van der Waals surface area contributed by atoms with E-state index in [0.717, 1.165) is 22.8 Å². The number of aryl methyl sites for hydroxylation is 1. The highest BCUT2D eigenvalue weighted by atomic mass is 32.2. The van der Waals surface area contributed by atoms with E-state index in [9.17, 15) is 0 Å². The third-order valence-corrected chi connectivity index (χ3v) is 4.70. The summed E-state index contributed by atoms with van der Waals surface area (Å²) in [4.78, 5) is 0. The molecule has 1 atom stereocenters. The first-order valence-electron chi connectivity index (χ1n) is 6.69. The Morgan fingerprint density at radius 1 is 1.26 bits per heavy atom. The molecule has 0 heterocycles. The molecule has 0 saturated carbocycles. The van der Waals surface area contributed by atoms with E-state index in [4.69, 9.17) is 10.6 Å². The summed E-state index contributed by atoms with van der Waals surface area (Å²) in [6.45, 7) is 8.65.